The van der Waals surface area contributed by atoms with E-state index in [2.05, 4.69) is 21.2 Å². The fourth-order valence-corrected chi connectivity index (χ4v) is 2.35. The van der Waals surface area contributed by atoms with Crippen LogP contribution in [0.1, 0.15) is 17.3 Å². The predicted octanol–water partition coefficient (Wildman–Crippen LogP) is 3.36. The molecule has 0 spiro atoms. The van der Waals surface area contributed by atoms with Gasteiger partial charge in [-0.3, -0.25) is 4.79 Å². The van der Waals surface area contributed by atoms with Crippen molar-refractivity contribution in [2.75, 3.05) is 12.1 Å². The van der Waals surface area contributed by atoms with Gasteiger partial charge in [0.15, 0.2) is 17.6 Å². The van der Waals surface area contributed by atoms with E-state index < -0.39 is 18.0 Å². The van der Waals surface area contributed by atoms with E-state index in [0.29, 0.717) is 22.7 Å². The van der Waals surface area contributed by atoms with Gasteiger partial charge in [-0.2, -0.15) is 0 Å². The highest BCUT2D eigenvalue weighted by Crippen LogP contribution is 2.34. The van der Waals surface area contributed by atoms with Crippen molar-refractivity contribution in [1.82, 2.24) is 0 Å². The topological polar surface area (TPSA) is 73.9 Å². The first-order valence-corrected chi connectivity index (χ1v) is 7.99. The molecule has 1 heterocycles. The van der Waals surface area contributed by atoms with Gasteiger partial charge in [-0.15, -0.1) is 0 Å². The Balaban J connectivity index is 1.60. The van der Waals surface area contributed by atoms with E-state index in [-0.39, 0.29) is 6.79 Å². The van der Waals surface area contributed by atoms with Crippen molar-refractivity contribution in [3.8, 4) is 11.5 Å². The third-order valence-corrected chi connectivity index (χ3v) is 3.90. The fourth-order valence-electron chi connectivity index (χ4n) is 2.09. The number of fused-ring (bicyclic) bond motifs is 1. The van der Waals surface area contributed by atoms with Gasteiger partial charge in [0, 0.05) is 16.2 Å². The van der Waals surface area contributed by atoms with E-state index in [1.54, 1.807) is 42.5 Å². The highest BCUT2D eigenvalue weighted by molar-refractivity contribution is 9.10. The molecule has 0 bridgehead atoms. The first kappa shape index (κ1) is 16.3. The third-order valence-electron chi connectivity index (χ3n) is 3.37. The molecule has 2 aromatic carbocycles. The quantitative estimate of drug-likeness (QED) is 0.808. The Morgan fingerprint density at radius 2 is 1.83 bits per heavy atom. The largest absolute Gasteiger partial charge is 0.454 e. The lowest BCUT2D eigenvalue weighted by Crippen LogP contribution is -2.30. The molecule has 1 aliphatic rings. The Morgan fingerprint density at radius 3 is 2.58 bits per heavy atom. The summed E-state index contributed by atoms with van der Waals surface area (Å²) in [6, 6.07) is 11.8. The number of hydrogen-bond acceptors (Lipinski definition) is 5. The minimum Gasteiger partial charge on any atom is -0.454 e. The van der Waals surface area contributed by atoms with Gasteiger partial charge in [-0.1, -0.05) is 15.9 Å². The van der Waals surface area contributed by atoms with Gasteiger partial charge < -0.3 is 19.5 Å². The van der Waals surface area contributed by atoms with Crippen molar-refractivity contribution >= 4 is 33.5 Å². The normalized spacial score (nSPS) is 13.2. The molecule has 0 fully saturated rings. The molecule has 0 aromatic heterocycles. The molecule has 0 unspecified atom stereocenters. The van der Waals surface area contributed by atoms with Crippen LogP contribution >= 0.6 is 15.9 Å². The molecule has 1 N–H and O–H groups in total. The Hall–Kier alpha value is -2.54. The smallest absolute Gasteiger partial charge is 0.338 e. The first-order valence-electron chi connectivity index (χ1n) is 7.20. The average molecular weight is 392 g/mol. The number of anilines is 1. The van der Waals surface area contributed by atoms with Gasteiger partial charge in [0.2, 0.25) is 6.79 Å². The number of rotatable bonds is 4. The highest BCUT2D eigenvalue weighted by Gasteiger charge is 2.20. The van der Waals surface area contributed by atoms with Crippen LogP contribution in [0.25, 0.3) is 0 Å². The average Bonchev–Trinajstić information content (AvgIpc) is 3.03. The molecule has 0 saturated carbocycles. The maximum absolute atomic E-state index is 12.2. The van der Waals surface area contributed by atoms with Gasteiger partial charge in [0.25, 0.3) is 5.91 Å². The minimum atomic E-state index is -0.938. The van der Waals surface area contributed by atoms with E-state index in [1.807, 2.05) is 0 Å². The number of esters is 1. The number of amides is 1. The number of carbonyl (C=O) groups is 2. The van der Waals surface area contributed by atoms with Crippen molar-refractivity contribution in [2.24, 2.45) is 0 Å². The van der Waals surface area contributed by atoms with Gasteiger partial charge in [-0.05, 0) is 43.3 Å². The molecule has 3 rings (SSSR count). The summed E-state index contributed by atoms with van der Waals surface area (Å²) in [6.45, 7) is 1.67. The number of ether oxygens (including phenoxy) is 3. The minimum absolute atomic E-state index is 0.161. The second kappa shape index (κ2) is 6.92. The van der Waals surface area contributed by atoms with E-state index in [4.69, 9.17) is 14.2 Å². The van der Waals surface area contributed by atoms with Gasteiger partial charge in [-0.25, -0.2) is 4.79 Å². The molecule has 6 nitrogen and oxygen atoms in total. The molecule has 124 valence electrons. The summed E-state index contributed by atoms with van der Waals surface area (Å²) in [4.78, 5) is 24.2. The Kier molecular flexibility index (Phi) is 4.71. The van der Waals surface area contributed by atoms with Crippen LogP contribution in [0.15, 0.2) is 46.9 Å². The molecule has 1 amide bonds. The molecular weight excluding hydrogens is 378 g/mol. The van der Waals surface area contributed by atoms with Crippen LogP contribution in [-0.4, -0.2) is 24.8 Å². The molecule has 1 aliphatic heterocycles. The Bertz CT molecular complexity index is 775. The molecule has 24 heavy (non-hydrogen) atoms. The predicted molar refractivity (Wildman–Crippen MR) is 90.2 cm³/mol. The summed E-state index contributed by atoms with van der Waals surface area (Å²) in [5.41, 5.74) is 0.914. The second-order valence-corrected chi connectivity index (χ2v) is 6.03. The highest BCUT2D eigenvalue weighted by atomic mass is 79.9. The monoisotopic (exact) mass is 391 g/mol. The number of carbonyl (C=O) groups excluding carboxylic acids is 2. The SMILES string of the molecule is C[C@@H](OC(=O)c1ccc(Br)cc1)C(=O)Nc1ccc2c(c1)OCO2. The zero-order valence-electron chi connectivity index (χ0n) is 12.7. The van der Waals surface area contributed by atoms with Gasteiger partial charge in [0.1, 0.15) is 0 Å². The Labute approximate surface area is 146 Å². The second-order valence-electron chi connectivity index (χ2n) is 5.11. The van der Waals surface area contributed by atoms with Crippen molar-refractivity contribution in [2.45, 2.75) is 13.0 Å². The lowest BCUT2D eigenvalue weighted by molar-refractivity contribution is -0.123. The van der Waals surface area contributed by atoms with Crippen LogP contribution in [0, 0.1) is 0 Å². The van der Waals surface area contributed by atoms with E-state index in [0.717, 1.165) is 4.47 Å². The summed E-state index contributed by atoms with van der Waals surface area (Å²) in [7, 11) is 0. The van der Waals surface area contributed by atoms with Crippen LogP contribution in [0.3, 0.4) is 0 Å². The van der Waals surface area contributed by atoms with Crippen LogP contribution < -0.4 is 14.8 Å². The first-order chi connectivity index (χ1) is 11.5. The lowest BCUT2D eigenvalue weighted by Gasteiger charge is -2.14. The van der Waals surface area contributed by atoms with Crippen molar-refractivity contribution < 1.29 is 23.8 Å². The molecule has 7 heteroatoms. The summed E-state index contributed by atoms with van der Waals surface area (Å²) >= 11 is 3.29. The van der Waals surface area contributed by atoms with E-state index >= 15 is 0 Å². The number of benzene rings is 2. The van der Waals surface area contributed by atoms with Crippen molar-refractivity contribution in [3.63, 3.8) is 0 Å². The number of nitrogens with one attached hydrogen (secondary N) is 1. The van der Waals surface area contributed by atoms with Crippen molar-refractivity contribution in [3.05, 3.63) is 52.5 Å². The Morgan fingerprint density at radius 1 is 1.12 bits per heavy atom. The molecule has 0 radical (unpaired) electrons. The standard InChI is InChI=1S/C17H14BrNO5/c1-10(24-17(21)11-2-4-12(18)5-3-11)16(20)19-13-6-7-14-15(8-13)23-9-22-14/h2-8,10H,9H2,1H3,(H,19,20)/t10-/m1/s1. The van der Waals surface area contributed by atoms with Crippen LogP contribution in [0.2, 0.25) is 0 Å². The van der Waals surface area contributed by atoms with Crippen LogP contribution in [-0.2, 0) is 9.53 Å². The fraction of sp³-hybridized carbons (Fsp3) is 0.176. The molecule has 2 aromatic rings. The third kappa shape index (κ3) is 3.68. The lowest BCUT2D eigenvalue weighted by atomic mass is 10.2. The maximum Gasteiger partial charge on any atom is 0.338 e. The summed E-state index contributed by atoms with van der Waals surface area (Å²) in [5.74, 6) is 0.199. The maximum atomic E-state index is 12.2. The summed E-state index contributed by atoms with van der Waals surface area (Å²) in [6.07, 6.45) is -0.938. The van der Waals surface area contributed by atoms with Gasteiger partial charge >= 0.3 is 5.97 Å². The zero-order valence-corrected chi connectivity index (χ0v) is 14.3. The summed E-state index contributed by atoms with van der Waals surface area (Å²) in [5, 5.41) is 2.68. The van der Waals surface area contributed by atoms with E-state index in [9.17, 15) is 9.59 Å². The van der Waals surface area contributed by atoms with Crippen LogP contribution in [0.5, 0.6) is 11.5 Å². The molecule has 0 saturated heterocycles. The van der Waals surface area contributed by atoms with E-state index in [1.165, 1.54) is 6.92 Å². The van der Waals surface area contributed by atoms with Crippen LogP contribution in [0.4, 0.5) is 5.69 Å². The van der Waals surface area contributed by atoms with Crippen molar-refractivity contribution in [1.29, 1.82) is 0 Å². The van der Waals surface area contributed by atoms with Gasteiger partial charge in [0.05, 0.1) is 5.56 Å². The molecule has 1 atom stereocenters. The molecule has 0 aliphatic carbocycles. The summed E-state index contributed by atoms with van der Waals surface area (Å²) < 4.78 is 16.5. The number of hydrogen-bond donors (Lipinski definition) is 1. The molecular formula is C17H14BrNO5. The number of halogens is 1. The zero-order chi connectivity index (χ0) is 17.1.